The van der Waals surface area contributed by atoms with E-state index in [1.54, 1.807) is 18.3 Å². The maximum atomic E-state index is 12.1. The quantitative estimate of drug-likeness (QED) is 0.490. The number of H-pyrrole nitrogens is 1. The number of hydrogen-bond acceptors (Lipinski definition) is 7. The summed E-state index contributed by atoms with van der Waals surface area (Å²) < 4.78 is 26.8. The van der Waals surface area contributed by atoms with Crippen molar-refractivity contribution in [1.29, 1.82) is 0 Å². The Morgan fingerprint density at radius 2 is 2.13 bits per heavy atom. The Labute approximate surface area is 177 Å². The van der Waals surface area contributed by atoms with E-state index in [2.05, 4.69) is 31.3 Å². The van der Waals surface area contributed by atoms with E-state index in [9.17, 15) is 8.42 Å². The molecule has 3 aromatic heterocycles. The maximum Gasteiger partial charge on any atom is 0.214 e. The zero-order valence-electron chi connectivity index (χ0n) is 16.3. The van der Waals surface area contributed by atoms with E-state index in [0.717, 1.165) is 44.0 Å². The number of aromatic amines is 1. The Bertz CT molecular complexity index is 1370. The Hall–Kier alpha value is -2.82. The molecule has 1 aliphatic rings. The number of nitrogens with one attached hydrogen (secondary N) is 2. The number of thiazole rings is 1. The standard InChI is InChI=1S/C20H20N6O2S2/c1-2-30(27,28)26-7-5-13(6-8-26)17-10-15-19(21-11-22-20(15)25-17)24-14-3-4-16-18(9-14)29-12-23-16/h3-5,9-12H,2,6-8H2,1H3,(H2,21,22,24,25). The molecule has 10 heteroatoms. The molecular formula is C20H20N6O2S2. The SMILES string of the molecule is CCS(=O)(=O)N1CC=C(c2cc3c(Nc4ccc5ncsc5c4)ncnc3[nH]2)CC1. The van der Waals surface area contributed by atoms with E-state index in [1.807, 2.05) is 29.8 Å². The maximum absolute atomic E-state index is 12.1. The minimum Gasteiger partial charge on any atom is -0.340 e. The van der Waals surface area contributed by atoms with E-state index in [0.29, 0.717) is 19.5 Å². The first-order valence-corrected chi connectivity index (χ1v) is 12.1. The molecule has 2 N–H and O–H groups in total. The topological polar surface area (TPSA) is 104 Å². The number of nitrogens with zero attached hydrogens (tertiary/aromatic N) is 4. The van der Waals surface area contributed by atoms with Crippen LogP contribution < -0.4 is 5.32 Å². The van der Waals surface area contributed by atoms with Gasteiger partial charge in [0.15, 0.2) is 0 Å². The fraction of sp³-hybridized carbons (Fsp3) is 0.250. The first-order valence-electron chi connectivity index (χ1n) is 9.65. The average Bonchev–Trinajstić information content (AvgIpc) is 3.41. The van der Waals surface area contributed by atoms with Crippen molar-refractivity contribution in [1.82, 2.24) is 24.2 Å². The summed E-state index contributed by atoms with van der Waals surface area (Å²) in [5.74, 6) is 0.846. The van der Waals surface area contributed by atoms with E-state index in [4.69, 9.17) is 0 Å². The van der Waals surface area contributed by atoms with Crippen LogP contribution in [0.4, 0.5) is 11.5 Å². The van der Waals surface area contributed by atoms with Crippen LogP contribution in [-0.2, 0) is 10.0 Å². The number of anilines is 2. The summed E-state index contributed by atoms with van der Waals surface area (Å²) in [5, 5.41) is 4.27. The van der Waals surface area contributed by atoms with Crippen molar-refractivity contribution in [2.24, 2.45) is 0 Å². The summed E-state index contributed by atoms with van der Waals surface area (Å²) in [6, 6.07) is 8.05. The van der Waals surface area contributed by atoms with Gasteiger partial charge in [-0.05, 0) is 43.2 Å². The molecule has 154 valence electrons. The molecule has 1 aromatic carbocycles. The van der Waals surface area contributed by atoms with Gasteiger partial charge in [0, 0.05) is 24.5 Å². The van der Waals surface area contributed by atoms with Crippen molar-refractivity contribution in [3.8, 4) is 0 Å². The third-order valence-electron chi connectivity index (χ3n) is 5.30. The van der Waals surface area contributed by atoms with Gasteiger partial charge in [-0.15, -0.1) is 11.3 Å². The van der Waals surface area contributed by atoms with Crippen molar-refractivity contribution in [3.63, 3.8) is 0 Å². The molecule has 8 nitrogen and oxygen atoms in total. The number of sulfonamides is 1. The number of aromatic nitrogens is 4. The van der Waals surface area contributed by atoms with Crippen molar-refractivity contribution in [2.75, 3.05) is 24.2 Å². The minimum absolute atomic E-state index is 0.126. The van der Waals surface area contributed by atoms with Crippen molar-refractivity contribution >= 4 is 59.7 Å². The molecule has 0 fully saturated rings. The molecule has 0 saturated carbocycles. The van der Waals surface area contributed by atoms with Crippen LogP contribution in [0.15, 0.2) is 42.2 Å². The normalized spacial score (nSPS) is 15.6. The van der Waals surface area contributed by atoms with Gasteiger partial charge in [0.1, 0.15) is 17.8 Å². The van der Waals surface area contributed by atoms with E-state index >= 15 is 0 Å². The molecule has 0 saturated heterocycles. The zero-order chi connectivity index (χ0) is 20.7. The average molecular weight is 441 g/mol. The fourth-order valence-corrected chi connectivity index (χ4v) is 5.36. The molecule has 1 aliphatic heterocycles. The lowest BCUT2D eigenvalue weighted by atomic mass is 10.1. The Balaban J connectivity index is 1.44. The first kappa shape index (κ1) is 19.2. The summed E-state index contributed by atoms with van der Waals surface area (Å²) in [5.41, 5.74) is 6.52. The number of fused-ring (bicyclic) bond motifs is 2. The minimum atomic E-state index is -3.16. The van der Waals surface area contributed by atoms with Gasteiger partial charge >= 0.3 is 0 Å². The van der Waals surface area contributed by atoms with Gasteiger partial charge in [-0.1, -0.05) is 6.08 Å². The van der Waals surface area contributed by atoms with Gasteiger partial charge in [0.2, 0.25) is 10.0 Å². The molecular weight excluding hydrogens is 420 g/mol. The molecule has 4 aromatic rings. The van der Waals surface area contributed by atoms with E-state index < -0.39 is 10.0 Å². The van der Waals surface area contributed by atoms with Crippen LogP contribution in [-0.4, -0.2) is 51.5 Å². The molecule has 0 atom stereocenters. The van der Waals surface area contributed by atoms with Crippen molar-refractivity contribution in [2.45, 2.75) is 13.3 Å². The summed E-state index contributed by atoms with van der Waals surface area (Å²) >= 11 is 1.60. The highest BCUT2D eigenvalue weighted by atomic mass is 32.2. The van der Waals surface area contributed by atoms with Gasteiger partial charge in [-0.25, -0.2) is 23.4 Å². The summed E-state index contributed by atoms with van der Waals surface area (Å²) in [6.45, 7) is 2.56. The molecule has 30 heavy (non-hydrogen) atoms. The van der Waals surface area contributed by atoms with Crippen molar-refractivity contribution in [3.05, 3.63) is 47.9 Å². The van der Waals surface area contributed by atoms with Crippen LogP contribution in [0.2, 0.25) is 0 Å². The van der Waals surface area contributed by atoms with Crippen LogP contribution in [0.3, 0.4) is 0 Å². The Morgan fingerprint density at radius 1 is 1.23 bits per heavy atom. The molecule has 0 unspecified atom stereocenters. The van der Waals surface area contributed by atoms with Gasteiger partial charge in [0.05, 0.1) is 26.9 Å². The molecule has 4 heterocycles. The second-order valence-corrected chi connectivity index (χ2v) is 10.2. The van der Waals surface area contributed by atoms with Crippen LogP contribution in [0.25, 0.3) is 26.8 Å². The fourth-order valence-electron chi connectivity index (χ4n) is 3.61. The van der Waals surface area contributed by atoms with Crippen molar-refractivity contribution < 1.29 is 8.42 Å². The van der Waals surface area contributed by atoms with Gasteiger partial charge in [-0.2, -0.15) is 4.31 Å². The molecule has 5 rings (SSSR count). The highest BCUT2D eigenvalue weighted by Gasteiger charge is 2.23. The number of hydrogen-bond donors (Lipinski definition) is 2. The van der Waals surface area contributed by atoms with Crippen LogP contribution >= 0.6 is 11.3 Å². The lowest BCUT2D eigenvalue weighted by Crippen LogP contribution is -2.35. The molecule has 0 radical (unpaired) electrons. The molecule has 0 spiro atoms. The lowest BCUT2D eigenvalue weighted by Gasteiger charge is -2.24. The van der Waals surface area contributed by atoms with Gasteiger partial charge < -0.3 is 10.3 Å². The first-order chi connectivity index (χ1) is 14.5. The molecule has 0 aliphatic carbocycles. The predicted molar refractivity (Wildman–Crippen MR) is 120 cm³/mol. The summed E-state index contributed by atoms with van der Waals surface area (Å²) in [7, 11) is -3.16. The Kier molecular flexibility index (Phi) is 4.76. The second-order valence-electron chi connectivity index (χ2n) is 7.07. The summed E-state index contributed by atoms with van der Waals surface area (Å²) in [4.78, 5) is 16.4. The number of rotatable bonds is 5. The smallest absolute Gasteiger partial charge is 0.214 e. The lowest BCUT2D eigenvalue weighted by molar-refractivity contribution is 0.442. The third kappa shape index (κ3) is 3.47. The monoisotopic (exact) mass is 440 g/mol. The highest BCUT2D eigenvalue weighted by Crippen LogP contribution is 2.30. The number of benzene rings is 1. The largest absolute Gasteiger partial charge is 0.340 e. The predicted octanol–water partition coefficient (Wildman–Crippen LogP) is 3.75. The highest BCUT2D eigenvalue weighted by molar-refractivity contribution is 7.89. The zero-order valence-corrected chi connectivity index (χ0v) is 17.9. The molecule has 0 amide bonds. The van der Waals surface area contributed by atoms with Gasteiger partial charge in [-0.3, -0.25) is 0 Å². The third-order valence-corrected chi connectivity index (χ3v) is 7.94. The van der Waals surface area contributed by atoms with Gasteiger partial charge in [0.25, 0.3) is 0 Å². The van der Waals surface area contributed by atoms with Crippen LogP contribution in [0, 0.1) is 0 Å². The van der Waals surface area contributed by atoms with E-state index in [1.165, 1.54) is 10.6 Å². The second kappa shape index (κ2) is 7.46. The molecule has 0 bridgehead atoms. The van der Waals surface area contributed by atoms with E-state index in [-0.39, 0.29) is 5.75 Å². The Morgan fingerprint density at radius 3 is 2.93 bits per heavy atom. The summed E-state index contributed by atoms with van der Waals surface area (Å²) in [6.07, 6.45) is 4.16. The van der Waals surface area contributed by atoms with Crippen LogP contribution in [0.5, 0.6) is 0 Å². The van der Waals surface area contributed by atoms with Crippen LogP contribution in [0.1, 0.15) is 19.0 Å².